The Morgan fingerprint density at radius 1 is 0.177 bits per heavy atom. The number of hydrogen-bond donors (Lipinski definition) is 0. The van der Waals surface area contributed by atoms with Crippen LogP contribution in [0.15, 0.2) is 315 Å². The number of para-hydroxylation sites is 1. The van der Waals surface area contributed by atoms with Gasteiger partial charge in [-0.25, -0.2) is 15.0 Å². The van der Waals surface area contributed by atoms with Gasteiger partial charge in [-0.05, 0) is 103 Å². The molecule has 13 aromatic rings. The molecule has 13 rings (SSSR count). The molecule has 0 aliphatic heterocycles. The molecule has 0 bridgehead atoms. The molecule has 372 valence electrons. The first-order chi connectivity index (χ1) is 39.1. The first-order valence-corrected chi connectivity index (χ1v) is 26.7. The smallest absolute Gasteiger partial charge is 0.164 e. The molecule has 0 saturated heterocycles. The fourth-order valence-corrected chi connectivity index (χ4v) is 10.5. The van der Waals surface area contributed by atoms with Gasteiger partial charge in [0.1, 0.15) is 0 Å². The number of benzene rings is 12. The van der Waals surface area contributed by atoms with Gasteiger partial charge in [-0.3, -0.25) is 0 Å². The van der Waals surface area contributed by atoms with E-state index in [1.165, 1.54) is 5.56 Å². The summed E-state index contributed by atoms with van der Waals surface area (Å²) in [5, 5.41) is 0. The minimum absolute atomic E-state index is 0.564. The van der Waals surface area contributed by atoms with Gasteiger partial charge in [-0.1, -0.05) is 279 Å². The maximum absolute atomic E-state index is 5.44. The van der Waals surface area contributed by atoms with Crippen LogP contribution < -0.4 is 4.90 Å². The highest BCUT2D eigenvalue weighted by Gasteiger charge is 2.25. The van der Waals surface area contributed by atoms with E-state index in [9.17, 15) is 0 Å². The largest absolute Gasteiger partial charge is 0.309 e. The molecule has 0 fully saturated rings. The summed E-state index contributed by atoms with van der Waals surface area (Å²) in [5.41, 5.74) is 21.3. The van der Waals surface area contributed by atoms with E-state index >= 15 is 0 Å². The summed E-state index contributed by atoms with van der Waals surface area (Å²) in [6, 6.07) is 112. The monoisotopic (exact) mass is 1010 g/mol. The third-order valence-electron chi connectivity index (χ3n) is 14.6. The standard InChI is InChI=1S/C75H52N4/c1-7-19-53(20-8-1)58-31-39-63(40-32-58)70-51-67(75-77-73(65-43-35-60(36-44-65)55-23-11-3-12-24-55)76-74(78-75)66-45-37-61(38-46-66)56-25-13-4-14-26-56)52-71(64-41-33-59(34-42-64)54-21-9-2-10-22-54)72(70)79(68-29-17-6-18-30-68)69-49-47-62(48-50-69)57-27-15-5-16-28-57/h1-52H. The molecule has 12 aromatic carbocycles. The van der Waals surface area contributed by atoms with Crippen LogP contribution in [0.1, 0.15) is 0 Å². The van der Waals surface area contributed by atoms with Crippen LogP contribution >= 0.6 is 0 Å². The average molecular weight is 1010 g/mol. The maximum Gasteiger partial charge on any atom is 0.164 e. The van der Waals surface area contributed by atoms with Crippen molar-refractivity contribution < 1.29 is 0 Å². The Bertz CT molecular complexity index is 3930. The molecule has 4 heteroatoms. The molecule has 0 aliphatic rings. The van der Waals surface area contributed by atoms with Crippen LogP contribution in [0.3, 0.4) is 0 Å². The summed E-state index contributed by atoms with van der Waals surface area (Å²) in [6.07, 6.45) is 0. The number of rotatable bonds is 13. The van der Waals surface area contributed by atoms with Crippen molar-refractivity contribution >= 4 is 17.1 Å². The Labute approximate surface area is 462 Å². The van der Waals surface area contributed by atoms with E-state index in [1.54, 1.807) is 0 Å². The molecule has 1 heterocycles. The number of aromatic nitrogens is 3. The van der Waals surface area contributed by atoms with Crippen LogP contribution in [-0.2, 0) is 0 Å². The molecule has 0 amide bonds. The summed E-state index contributed by atoms with van der Waals surface area (Å²) in [5.74, 6) is 1.74. The second-order valence-corrected chi connectivity index (χ2v) is 19.6. The summed E-state index contributed by atoms with van der Waals surface area (Å²) in [4.78, 5) is 18.6. The lowest BCUT2D eigenvalue weighted by molar-refractivity contribution is 1.07. The van der Waals surface area contributed by atoms with Gasteiger partial charge in [-0.2, -0.15) is 0 Å². The number of nitrogens with zero attached hydrogens (tertiary/aromatic N) is 4. The third kappa shape index (κ3) is 10.3. The van der Waals surface area contributed by atoms with Gasteiger partial charge in [0, 0.05) is 39.2 Å². The quantitative estimate of drug-likeness (QED) is 0.115. The topological polar surface area (TPSA) is 41.9 Å². The van der Waals surface area contributed by atoms with Gasteiger partial charge in [0.05, 0.1) is 5.69 Å². The lowest BCUT2D eigenvalue weighted by atomic mass is 9.90. The Morgan fingerprint density at radius 3 is 0.696 bits per heavy atom. The molecule has 0 radical (unpaired) electrons. The van der Waals surface area contributed by atoms with E-state index in [-0.39, 0.29) is 0 Å². The van der Waals surface area contributed by atoms with Crippen molar-refractivity contribution in [3.8, 4) is 112 Å². The lowest BCUT2D eigenvalue weighted by Crippen LogP contribution is -2.13. The normalized spacial score (nSPS) is 11.0. The average Bonchev–Trinajstić information content (AvgIpc) is 3.65. The molecule has 0 atom stereocenters. The van der Waals surface area contributed by atoms with Crippen molar-refractivity contribution in [1.82, 2.24) is 15.0 Å². The molecular weight excluding hydrogens is 957 g/mol. The fraction of sp³-hybridized carbons (Fsp3) is 0. The van der Waals surface area contributed by atoms with Crippen molar-refractivity contribution in [1.29, 1.82) is 0 Å². The molecule has 1 aromatic heterocycles. The predicted octanol–water partition coefficient (Wildman–Crippen LogP) is 20.0. The zero-order valence-electron chi connectivity index (χ0n) is 43.3. The van der Waals surface area contributed by atoms with E-state index in [4.69, 9.17) is 15.0 Å². The Balaban J connectivity index is 1.06. The van der Waals surface area contributed by atoms with E-state index in [1.807, 2.05) is 12.1 Å². The van der Waals surface area contributed by atoms with Crippen LogP contribution in [0, 0.1) is 0 Å². The van der Waals surface area contributed by atoms with Gasteiger partial charge in [-0.15, -0.1) is 0 Å². The van der Waals surface area contributed by atoms with E-state index < -0.39 is 0 Å². The second-order valence-electron chi connectivity index (χ2n) is 19.6. The summed E-state index contributed by atoms with van der Waals surface area (Å²) >= 11 is 0. The minimum atomic E-state index is 0.564. The zero-order valence-corrected chi connectivity index (χ0v) is 43.3. The van der Waals surface area contributed by atoms with Crippen LogP contribution in [0.2, 0.25) is 0 Å². The Kier molecular flexibility index (Phi) is 13.4. The highest BCUT2D eigenvalue weighted by molar-refractivity contribution is 6.00. The SMILES string of the molecule is c1ccc(-c2ccc(-c3nc(-c4ccc(-c5ccccc5)cc4)nc(-c4cc(-c5ccc(-c6ccccc6)cc5)c(N(c5ccccc5)c5ccc(-c6ccccc6)cc5)c(-c5ccc(-c6ccccc6)cc5)c4)n3)cc2)cc1. The third-order valence-corrected chi connectivity index (χ3v) is 14.6. The van der Waals surface area contributed by atoms with Crippen molar-refractivity contribution in [3.05, 3.63) is 315 Å². The Hall–Kier alpha value is -10.6. The molecule has 4 nitrogen and oxygen atoms in total. The first kappa shape index (κ1) is 48.1. The molecule has 0 aliphatic carbocycles. The van der Waals surface area contributed by atoms with Gasteiger partial charge in [0.15, 0.2) is 17.5 Å². The fourth-order valence-electron chi connectivity index (χ4n) is 10.5. The minimum Gasteiger partial charge on any atom is -0.309 e. The molecular formula is C75H52N4. The van der Waals surface area contributed by atoms with Gasteiger partial charge < -0.3 is 4.90 Å². The molecule has 0 N–H and O–H groups in total. The summed E-state index contributed by atoms with van der Waals surface area (Å²) in [6.45, 7) is 0. The molecule has 79 heavy (non-hydrogen) atoms. The van der Waals surface area contributed by atoms with Crippen LogP contribution in [-0.4, -0.2) is 15.0 Å². The molecule has 0 saturated carbocycles. The van der Waals surface area contributed by atoms with Crippen LogP contribution in [0.5, 0.6) is 0 Å². The van der Waals surface area contributed by atoms with Crippen molar-refractivity contribution in [2.24, 2.45) is 0 Å². The molecule has 0 spiro atoms. The second kappa shape index (κ2) is 22.0. The summed E-state index contributed by atoms with van der Waals surface area (Å²) < 4.78 is 0. The van der Waals surface area contributed by atoms with Crippen molar-refractivity contribution in [2.75, 3.05) is 4.90 Å². The summed E-state index contributed by atoms with van der Waals surface area (Å²) in [7, 11) is 0. The highest BCUT2D eigenvalue weighted by atomic mass is 15.1. The highest BCUT2D eigenvalue weighted by Crippen LogP contribution is 2.49. The van der Waals surface area contributed by atoms with Crippen molar-refractivity contribution in [2.45, 2.75) is 0 Å². The number of hydrogen-bond acceptors (Lipinski definition) is 4. The predicted molar refractivity (Wildman–Crippen MR) is 329 cm³/mol. The van der Waals surface area contributed by atoms with E-state index in [0.717, 1.165) is 106 Å². The van der Waals surface area contributed by atoms with Gasteiger partial charge in [0.25, 0.3) is 0 Å². The Morgan fingerprint density at radius 2 is 0.392 bits per heavy atom. The van der Waals surface area contributed by atoms with E-state index in [0.29, 0.717) is 17.5 Å². The molecule has 0 unspecified atom stereocenters. The van der Waals surface area contributed by atoms with Crippen LogP contribution in [0.4, 0.5) is 17.1 Å². The van der Waals surface area contributed by atoms with Gasteiger partial charge >= 0.3 is 0 Å². The van der Waals surface area contributed by atoms with Crippen molar-refractivity contribution in [3.63, 3.8) is 0 Å². The van der Waals surface area contributed by atoms with Gasteiger partial charge in [0.2, 0.25) is 0 Å². The maximum atomic E-state index is 5.44. The zero-order chi connectivity index (χ0) is 52.7. The van der Waals surface area contributed by atoms with Crippen LogP contribution in [0.25, 0.3) is 112 Å². The lowest BCUT2D eigenvalue weighted by Gasteiger charge is -2.31. The first-order valence-electron chi connectivity index (χ1n) is 26.7. The van der Waals surface area contributed by atoms with E-state index in [2.05, 4.69) is 308 Å². The number of anilines is 3.